The fourth-order valence-corrected chi connectivity index (χ4v) is 2.68. The van der Waals surface area contributed by atoms with Gasteiger partial charge in [0, 0.05) is 18.4 Å². The summed E-state index contributed by atoms with van der Waals surface area (Å²) in [5, 5.41) is 2.99. The summed E-state index contributed by atoms with van der Waals surface area (Å²) >= 11 is 0. The molecule has 1 aliphatic heterocycles. The Hall–Kier alpha value is -2.36. The number of hydrogen-bond donors (Lipinski definition) is 1. The van der Waals surface area contributed by atoms with E-state index in [1.165, 1.54) is 12.1 Å². The SMILES string of the molecule is O=C(CCc1ccccc1)NC1CCOc2ccc(F)cc21. The Morgan fingerprint density at radius 1 is 1.23 bits per heavy atom. The molecule has 1 atom stereocenters. The van der Waals surface area contributed by atoms with Gasteiger partial charge in [0.25, 0.3) is 0 Å². The highest BCUT2D eigenvalue weighted by Gasteiger charge is 2.23. The lowest BCUT2D eigenvalue weighted by atomic mass is 10.00. The third kappa shape index (κ3) is 3.45. The molecule has 0 aliphatic carbocycles. The summed E-state index contributed by atoms with van der Waals surface area (Å²) in [6, 6.07) is 14.1. The third-order valence-electron chi connectivity index (χ3n) is 3.83. The Balaban J connectivity index is 1.62. The molecule has 3 rings (SSSR count). The van der Waals surface area contributed by atoms with Crippen molar-refractivity contribution >= 4 is 5.91 Å². The number of amides is 1. The smallest absolute Gasteiger partial charge is 0.220 e. The Morgan fingerprint density at radius 3 is 2.86 bits per heavy atom. The predicted octanol–water partition coefficient (Wildman–Crippen LogP) is 3.40. The Labute approximate surface area is 129 Å². The van der Waals surface area contributed by atoms with Gasteiger partial charge >= 0.3 is 0 Å². The first kappa shape index (κ1) is 14.6. The van der Waals surface area contributed by atoms with Crippen LogP contribution in [-0.4, -0.2) is 12.5 Å². The van der Waals surface area contributed by atoms with Crippen LogP contribution in [0.15, 0.2) is 48.5 Å². The average molecular weight is 299 g/mol. The van der Waals surface area contributed by atoms with E-state index in [0.717, 1.165) is 11.1 Å². The molecule has 4 heteroatoms. The lowest BCUT2D eigenvalue weighted by Crippen LogP contribution is -2.32. The molecule has 1 N–H and O–H groups in total. The maximum Gasteiger partial charge on any atom is 0.220 e. The number of aryl methyl sites for hydroxylation is 1. The summed E-state index contributed by atoms with van der Waals surface area (Å²) in [7, 11) is 0. The summed E-state index contributed by atoms with van der Waals surface area (Å²) in [4.78, 5) is 12.1. The highest BCUT2D eigenvalue weighted by Crippen LogP contribution is 2.32. The number of carbonyl (C=O) groups excluding carboxylic acids is 1. The minimum Gasteiger partial charge on any atom is -0.493 e. The zero-order valence-electron chi connectivity index (χ0n) is 12.2. The lowest BCUT2D eigenvalue weighted by Gasteiger charge is -2.26. The first-order valence-electron chi connectivity index (χ1n) is 7.48. The molecule has 0 radical (unpaired) electrons. The molecule has 0 saturated heterocycles. The largest absolute Gasteiger partial charge is 0.493 e. The molecule has 0 aromatic heterocycles. The number of hydrogen-bond acceptors (Lipinski definition) is 2. The van der Waals surface area contributed by atoms with Gasteiger partial charge in [0.2, 0.25) is 5.91 Å². The highest BCUT2D eigenvalue weighted by atomic mass is 19.1. The van der Waals surface area contributed by atoms with Gasteiger partial charge in [0.05, 0.1) is 12.6 Å². The lowest BCUT2D eigenvalue weighted by molar-refractivity contribution is -0.122. The van der Waals surface area contributed by atoms with Gasteiger partial charge in [-0.15, -0.1) is 0 Å². The van der Waals surface area contributed by atoms with Crippen LogP contribution in [0.1, 0.15) is 30.0 Å². The fraction of sp³-hybridized carbons (Fsp3) is 0.278. The second kappa shape index (κ2) is 6.60. The van der Waals surface area contributed by atoms with E-state index >= 15 is 0 Å². The van der Waals surface area contributed by atoms with Crippen LogP contribution in [0.3, 0.4) is 0 Å². The van der Waals surface area contributed by atoms with Gasteiger partial charge in [-0.1, -0.05) is 30.3 Å². The molecule has 0 bridgehead atoms. The minimum absolute atomic E-state index is 0.0223. The molecule has 1 aliphatic rings. The predicted molar refractivity (Wildman–Crippen MR) is 82.2 cm³/mol. The van der Waals surface area contributed by atoms with Gasteiger partial charge in [0.15, 0.2) is 0 Å². The molecule has 2 aromatic carbocycles. The van der Waals surface area contributed by atoms with E-state index in [2.05, 4.69) is 5.32 Å². The Bertz CT molecular complexity index is 657. The summed E-state index contributed by atoms with van der Waals surface area (Å²) < 4.78 is 18.9. The molecular formula is C18H18FNO2. The number of nitrogens with one attached hydrogen (secondary N) is 1. The van der Waals surface area contributed by atoms with E-state index in [1.54, 1.807) is 6.07 Å². The van der Waals surface area contributed by atoms with E-state index in [-0.39, 0.29) is 17.8 Å². The highest BCUT2D eigenvalue weighted by molar-refractivity contribution is 5.77. The van der Waals surface area contributed by atoms with Crippen LogP contribution in [0.4, 0.5) is 4.39 Å². The second-order valence-electron chi connectivity index (χ2n) is 5.42. The normalized spacial score (nSPS) is 16.5. The molecule has 2 aromatic rings. The van der Waals surface area contributed by atoms with Crippen LogP contribution in [-0.2, 0) is 11.2 Å². The number of carbonyl (C=O) groups is 1. The third-order valence-corrected chi connectivity index (χ3v) is 3.83. The zero-order chi connectivity index (χ0) is 15.4. The summed E-state index contributed by atoms with van der Waals surface area (Å²) in [5.74, 6) is 0.319. The molecule has 0 saturated carbocycles. The topological polar surface area (TPSA) is 38.3 Å². The van der Waals surface area contributed by atoms with Crippen molar-refractivity contribution in [3.63, 3.8) is 0 Å². The Kier molecular flexibility index (Phi) is 4.37. The van der Waals surface area contributed by atoms with Crippen LogP contribution in [0.25, 0.3) is 0 Å². The van der Waals surface area contributed by atoms with Crippen molar-refractivity contribution in [2.24, 2.45) is 0 Å². The molecule has 1 amide bonds. The van der Waals surface area contributed by atoms with Crippen molar-refractivity contribution < 1.29 is 13.9 Å². The second-order valence-corrected chi connectivity index (χ2v) is 5.42. The summed E-state index contributed by atoms with van der Waals surface area (Å²) in [6.45, 7) is 0.530. The van der Waals surface area contributed by atoms with Crippen molar-refractivity contribution in [3.8, 4) is 5.75 Å². The minimum atomic E-state index is -0.312. The molecule has 1 unspecified atom stereocenters. The summed E-state index contributed by atoms with van der Waals surface area (Å²) in [6.07, 6.45) is 1.78. The van der Waals surface area contributed by atoms with Crippen LogP contribution < -0.4 is 10.1 Å². The van der Waals surface area contributed by atoms with E-state index in [0.29, 0.717) is 31.6 Å². The molecular weight excluding hydrogens is 281 g/mol. The quantitative estimate of drug-likeness (QED) is 0.939. The van der Waals surface area contributed by atoms with Crippen LogP contribution in [0.2, 0.25) is 0 Å². The number of fused-ring (bicyclic) bond motifs is 1. The fourth-order valence-electron chi connectivity index (χ4n) is 2.68. The monoisotopic (exact) mass is 299 g/mol. The molecule has 0 spiro atoms. The van der Waals surface area contributed by atoms with E-state index < -0.39 is 0 Å². The molecule has 114 valence electrons. The average Bonchev–Trinajstić information content (AvgIpc) is 2.54. The van der Waals surface area contributed by atoms with Gasteiger partial charge in [0.1, 0.15) is 11.6 Å². The van der Waals surface area contributed by atoms with Crippen LogP contribution in [0, 0.1) is 5.82 Å². The van der Waals surface area contributed by atoms with E-state index in [4.69, 9.17) is 4.74 Å². The number of ether oxygens (including phenoxy) is 1. The van der Waals surface area contributed by atoms with Crippen molar-refractivity contribution in [2.45, 2.75) is 25.3 Å². The van der Waals surface area contributed by atoms with Gasteiger partial charge in [-0.25, -0.2) is 4.39 Å². The van der Waals surface area contributed by atoms with E-state index in [1.807, 2.05) is 30.3 Å². The zero-order valence-corrected chi connectivity index (χ0v) is 12.2. The van der Waals surface area contributed by atoms with Crippen molar-refractivity contribution in [2.75, 3.05) is 6.61 Å². The molecule has 3 nitrogen and oxygen atoms in total. The molecule has 1 heterocycles. The van der Waals surface area contributed by atoms with E-state index in [9.17, 15) is 9.18 Å². The van der Waals surface area contributed by atoms with Gasteiger partial charge in [-0.05, 0) is 30.2 Å². The number of benzene rings is 2. The van der Waals surface area contributed by atoms with Gasteiger partial charge < -0.3 is 10.1 Å². The van der Waals surface area contributed by atoms with Crippen molar-refractivity contribution in [1.82, 2.24) is 5.32 Å². The van der Waals surface area contributed by atoms with Crippen molar-refractivity contribution in [3.05, 3.63) is 65.5 Å². The Morgan fingerprint density at radius 2 is 2.05 bits per heavy atom. The first-order chi connectivity index (χ1) is 10.7. The maximum atomic E-state index is 13.4. The summed E-state index contributed by atoms with van der Waals surface area (Å²) in [5.41, 5.74) is 1.86. The maximum absolute atomic E-state index is 13.4. The molecule has 22 heavy (non-hydrogen) atoms. The van der Waals surface area contributed by atoms with Crippen LogP contribution in [0.5, 0.6) is 5.75 Å². The number of rotatable bonds is 4. The standard InChI is InChI=1S/C18H18FNO2/c19-14-7-8-17-15(12-14)16(10-11-22-17)20-18(21)9-6-13-4-2-1-3-5-13/h1-5,7-8,12,16H,6,9-11H2,(H,20,21). The first-order valence-corrected chi connectivity index (χ1v) is 7.48. The molecule has 0 fully saturated rings. The van der Waals surface area contributed by atoms with Crippen LogP contribution >= 0.6 is 0 Å². The van der Waals surface area contributed by atoms with Crippen molar-refractivity contribution in [1.29, 1.82) is 0 Å². The van der Waals surface area contributed by atoms with Gasteiger partial charge in [-0.2, -0.15) is 0 Å². The number of halogens is 1. The van der Waals surface area contributed by atoms with Gasteiger partial charge in [-0.3, -0.25) is 4.79 Å².